The van der Waals surface area contributed by atoms with E-state index in [4.69, 9.17) is 0 Å². The minimum Gasteiger partial charge on any atom is -0.347 e. The number of likely N-dealkylation sites (N-methyl/N-ethyl adjacent to an activating group) is 2. The van der Waals surface area contributed by atoms with Gasteiger partial charge in [-0.05, 0) is 32.4 Å². The summed E-state index contributed by atoms with van der Waals surface area (Å²) in [6.45, 7) is 4.85. The predicted octanol–water partition coefficient (Wildman–Crippen LogP) is 0.310. The maximum absolute atomic E-state index is 12.2. The first-order valence-corrected chi connectivity index (χ1v) is 6.56. The summed E-state index contributed by atoms with van der Waals surface area (Å²) in [6.07, 6.45) is 1.92. The second-order valence-corrected chi connectivity index (χ2v) is 5.60. The zero-order valence-electron chi connectivity index (χ0n) is 12.1. The molecule has 2 amide bonds. The first kappa shape index (κ1) is 15.0. The average Bonchev–Trinajstić information content (AvgIpc) is 2.70. The van der Waals surface area contributed by atoms with Crippen molar-refractivity contribution >= 4 is 11.8 Å². The summed E-state index contributed by atoms with van der Waals surface area (Å²) in [6, 6.07) is -0.511. The zero-order valence-corrected chi connectivity index (χ0v) is 12.1. The van der Waals surface area contributed by atoms with Gasteiger partial charge in [-0.1, -0.05) is 13.8 Å². The fourth-order valence-electron chi connectivity index (χ4n) is 2.28. The van der Waals surface area contributed by atoms with Gasteiger partial charge in [0.2, 0.25) is 11.8 Å². The molecule has 0 saturated carbocycles. The summed E-state index contributed by atoms with van der Waals surface area (Å²) in [4.78, 5) is 27.8. The van der Waals surface area contributed by atoms with Gasteiger partial charge in [0.15, 0.2) is 0 Å². The molecule has 0 radical (unpaired) electrons. The Bertz CT molecular complexity index is 315. The fourth-order valence-corrected chi connectivity index (χ4v) is 2.28. The number of hydrogen-bond acceptors (Lipinski definition) is 3. The molecule has 0 unspecified atom stereocenters. The molecule has 104 valence electrons. The van der Waals surface area contributed by atoms with Crippen molar-refractivity contribution in [3.8, 4) is 0 Å². The van der Waals surface area contributed by atoms with Gasteiger partial charge in [-0.3, -0.25) is 14.5 Å². The Morgan fingerprint density at radius 1 is 1.33 bits per heavy atom. The van der Waals surface area contributed by atoms with E-state index in [0.29, 0.717) is 0 Å². The van der Waals surface area contributed by atoms with Crippen LogP contribution in [-0.4, -0.2) is 61.4 Å². The minimum absolute atomic E-state index is 0.0242. The van der Waals surface area contributed by atoms with Crippen LogP contribution in [0.15, 0.2) is 0 Å². The number of carbonyl (C=O) groups is 2. The first-order chi connectivity index (χ1) is 8.34. The summed E-state index contributed by atoms with van der Waals surface area (Å²) in [5.74, 6) is 0.0264. The van der Waals surface area contributed by atoms with Gasteiger partial charge in [0, 0.05) is 14.1 Å². The Balaban J connectivity index is 2.66. The highest BCUT2D eigenvalue weighted by Gasteiger charge is 2.32. The lowest BCUT2D eigenvalue weighted by Crippen LogP contribution is -2.53. The Morgan fingerprint density at radius 2 is 1.94 bits per heavy atom. The Labute approximate surface area is 110 Å². The van der Waals surface area contributed by atoms with Crippen LogP contribution < -0.4 is 5.32 Å². The van der Waals surface area contributed by atoms with E-state index in [0.717, 1.165) is 19.4 Å². The maximum Gasteiger partial charge on any atom is 0.244 e. The van der Waals surface area contributed by atoms with Gasteiger partial charge in [-0.2, -0.15) is 0 Å². The van der Waals surface area contributed by atoms with Crippen molar-refractivity contribution in [1.29, 1.82) is 0 Å². The summed E-state index contributed by atoms with van der Waals surface area (Å²) < 4.78 is 0. The maximum atomic E-state index is 12.2. The summed E-state index contributed by atoms with van der Waals surface area (Å²) in [5.41, 5.74) is 0. The quantitative estimate of drug-likeness (QED) is 0.786. The second kappa shape index (κ2) is 6.18. The molecule has 1 aliphatic rings. The number of nitrogens with one attached hydrogen (secondary N) is 1. The standard InChI is InChI=1S/C13H25N3O2/c1-9(2)11(13(18)15(3)4)14-12(17)10-7-6-8-16(10)5/h9-11H,6-8H2,1-5H3,(H,14,17)/t10-,11-/m0/s1. The second-order valence-electron chi connectivity index (χ2n) is 5.60. The van der Waals surface area contributed by atoms with Gasteiger partial charge in [-0.15, -0.1) is 0 Å². The molecule has 0 aromatic carbocycles. The molecule has 2 atom stereocenters. The van der Waals surface area contributed by atoms with E-state index in [2.05, 4.69) is 5.32 Å². The van der Waals surface area contributed by atoms with E-state index in [1.807, 2.05) is 25.8 Å². The number of amides is 2. The van der Waals surface area contributed by atoms with Crippen molar-refractivity contribution in [1.82, 2.24) is 15.1 Å². The SMILES string of the molecule is CC(C)[C@H](NC(=O)[C@@H]1CCCN1C)C(=O)N(C)C. The summed E-state index contributed by atoms with van der Waals surface area (Å²) >= 11 is 0. The van der Waals surface area contributed by atoms with Crippen molar-refractivity contribution in [2.45, 2.75) is 38.8 Å². The van der Waals surface area contributed by atoms with E-state index in [1.54, 1.807) is 14.1 Å². The largest absolute Gasteiger partial charge is 0.347 e. The molecule has 1 aliphatic heterocycles. The van der Waals surface area contributed by atoms with Gasteiger partial charge in [0.05, 0.1) is 6.04 Å². The first-order valence-electron chi connectivity index (χ1n) is 6.56. The van der Waals surface area contributed by atoms with Crippen LogP contribution in [0.1, 0.15) is 26.7 Å². The monoisotopic (exact) mass is 255 g/mol. The van der Waals surface area contributed by atoms with Crippen molar-refractivity contribution < 1.29 is 9.59 Å². The van der Waals surface area contributed by atoms with Crippen molar-refractivity contribution in [2.24, 2.45) is 5.92 Å². The molecule has 5 nitrogen and oxygen atoms in total. The van der Waals surface area contributed by atoms with Crippen molar-refractivity contribution in [3.05, 3.63) is 0 Å². The van der Waals surface area contributed by atoms with Gasteiger partial charge >= 0.3 is 0 Å². The number of nitrogens with zero attached hydrogens (tertiary/aromatic N) is 2. The third kappa shape index (κ3) is 3.45. The van der Waals surface area contributed by atoms with Crippen LogP contribution in [-0.2, 0) is 9.59 Å². The van der Waals surface area contributed by atoms with E-state index in [-0.39, 0.29) is 23.8 Å². The van der Waals surface area contributed by atoms with Gasteiger partial charge < -0.3 is 10.2 Å². The van der Waals surface area contributed by atoms with Crippen molar-refractivity contribution in [2.75, 3.05) is 27.7 Å². The molecule has 0 aromatic heterocycles. The van der Waals surface area contributed by atoms with E-state index >= 15 is 0 Å². The Kier molecular flexibility index (Phi) is 5.14. The van der Waals surface area contributed by atoms with Crippen LogP contribution in [0.3, 0.4) is 0 Å². The van der Waals surface area contributed by atoms with E-state index < -0.39 is 6.04 Å². The number of hydrogen-bond donors (Lipinski definition) is 1. The smallest absolute Gasteiger partial charge is 0.244 e. The molecular weight excluding hydrogens is 230 g/mol. The molecule has 1 N–H and O–H groups in total. The van der Waals surface area contributed by atoms with Gasteiger partial charge in [-0.25, -0.2) is 0 Å². The molecule has 0 aromatic rings. The highest BCUT2D eigenvalue weighted by atomic mass is 16.2. The normalized spacial score (nSPS) is 22.0. The molecule has 1 heterocycles. The third-order valence-corrected chi connectivity index (χ3v) is 3.49. The molecule has 1 fully saturated rings. The molecule has 1 saturated heterocycles. The van der Waals surface area contributed by atoms with Crippen LogP contribution in [0.25, 0.3) is 0 Å². The van der Waals surface area contributed by atoms with E-state index in [1.165, 1.54) is 4.90 Å². The Morgan fingerprint density at radius 3 is 2.33 bits per heavy atom. The van der Waals surface area contributed by atoms with E-state index in [9.17, 15) is 9.59 Å². The highest BCUT2D eigenvalue weighted by molar-refractivity contribution is 5.89. The van der Waals surface area contributed by atoms with Crippen LogP contribution in [0, 0.1) is 5.92 Å². The fraction of sp³-hybridized carbons (Fsp3) is 0.846. The minimum atomic E-state index is -0.429. The third-order valence-electron chi connectivity index (χ3n) is 3.49. The molecule has 18 heavy (non-hydrogen) atoms. The Hall–Kier alpha value is -1.10. The summed E-state index contributed by atoms with van der Waals surface area (Å²) in [5, 5.41) is 2.90. The number of rotatable bonds is 4. The summed E-state index contributed by atoms with van der Waals surface area (Å²) in [7, 11) is 5.38. The van der Waals surface area contributed by atoms with Gasteiger partial charge in [0.25, 0.3) is 0 Å². The zero-order chi connectivity index (χ0) is 13.9. The van der Waals surface area contributed by atoms with Crippen molar-refractivity contribution in [3.63, 3.8) is 0 Å². The molecule has 0 spiro atoms. The number of likely N-dealkylation sites (tertiary alicyclic amines) is 1. The van der Waals surface area contributed by atoms with Crippen LogP contribution >= 0.6 is 0 Å². The molecule has 1 rings (SSSR count). The lowest BCUT2D eigenvalue weighted by Gasteiger charge is -2.27. The molecular formula is C13H25N3O2. The van der Waals surface area contributed by atoms with Gasteiger partial charge in [0.1, 0.15) is 6.04 Å². The highest BCUT2D eigenvalue weighted by Crippen LogP contribution is 2.15. The predicted molar refractivity (Wildman–Crippen MR) is 71.1 cm³/mol. The van der Waals surface area contributed by atoms with Crippen LogP contribution in [0.2, 0.25) is 0 Å². The molecule has 0 bridgehead atoms. The van der Waals surface area contributed by atoms with Crippen LogP contribution in [0.5, 0.6) is 0 Å². The average molecular weight is 255 g/mol. The topological polar surface area (TPSA) is 52.7 Å². The lowest BCUT2D eigenvalue weighted by molar-refractivity contribution is -0.136. The molecule has 0 aliphatic carbocycles. The lowest BCUT2D eigenvalue weighted by atomic mass is 10.0. The molecule has 5 heteroatoms. The number of carbonyl (C=O) groups excluding carboxylic acids is 2. The van der Waals surface area contributed by atoms with Crippen LogP contribution in [0.4, 0.5) is 0 Å².